The number of nitrogens with one attached hydrogen (secondary N) is 2. The van der Waals surface area contributed by atoms with E-state index in [0.29, 0.717) is 126 Å². The van der Waals surface area contributed by atoms with Gasteiger partial charge in [0.05, 0.1) is 11.0 Å². The molecular formula is C58H58F4N10O4. The lowest BCUT2D eigenvalue weighted by atomic mass is 9.89. The van der Waals surface area contributed by atoms with Crippen LogP contribution in [-0.2, 0) is 22.4 Å². The van der Waals surface area contributed by atoms with Crippen LogP contribution in [0.5, 0.6) is 0 Å². The quantitative estimate of drug-likeness (QED) is 0.112. The first-order chi connectivity index (χ1) is 37.0. The Morgan fingerprint density at radius 3 is 1.30 bits per heavy atom. The zero-order valence-electron chi connectivity index (χ0n) is 41.9. The number of rotatable bonds is 8. The molecule has 2 aliphatic carbocycles. The first kappa shape index (κ1) is 50.4. The number of nitrogens with zero attached hydrogens (tertiary/aromatic N) is 8. The monoisotopic (exact) mass is 1030 g/mol. The molecule has 0 radical (unpaired) electrons. The van der Waals surface area contributed by atoms with E-state index < -0.39 is 23.3 Å². The van der Waals surface area contributed by atoms with Gasteiger partial charge in [-0.3, -0.25) is 38.7 Å². The van der Waals surface area contributed by atoms with Gasteiger partial charge in [0.2, 0.25) is 11.8 Å². The van der Waals surface area contributed by atoms with E-state index in [4.69, 9.17) is 0 Å². The van der Waals surface area contributed by atoms with Gasteiger partial charge in [-0.05, 0) is 147 Å². The molecular weight excluding hydrogens is 977 g/mol. The smallest absolute Gasteiger partial charge is 0.327 e. The number of pyridine rings is 4. The lowest BCUT2D eigenvalue weighted by molar-refractivity contribution is -0.133. The summed E-state index contributed by atoms with van der Waals surface area (Å²) in [5.41, 5.74) is 6.89. The number of halogens is 4. The van der Waals surface area contributed by atoms with Gasteiger partial charge in [-0.25, -0.2) is 37.1 Å². The molecule has 12 rings (SSSR count). The molecule has 392 valence electrons. The number of amides is 2. The predicted octanol–water partition coefficient (Wildman–Crippen LogP) is 9.71. The zero-order chi connectivity index (χ0) is 52.5. The zero-order valence-corrected chi connectivity index (χ0v) is 41.9. The molecule has 2 aliphatic heterocycles. The summed E-state index contributed by atoms with van der Waals surface area (Å²) in [6.07, 6.45) is 13.9. The highest BCUT2D eigenvalue weighted by Gasteiger charge is 2.34. The second-order valence-electron chi connectivity index (χ2n) is 20.7. The number of carbonyl (C=O) groups excluding carboxylic acids is 2. The van der Waals surface area contributed by atoms with Gasteiger partial charge >= 0.3 is 11.4 Å². The van der Waals surface area contributed by atoms with Crippen LogP contribution in [0.1, 0.15) is 134 Å². The summed E-state index contributed by atoms with van der Waals surface area (Å²) >= 11 is 0. The minimum Gasteiger partial charge on any atom is -0.343 e. The van der Waals surface area contributed by atoms with Gasteiger partial charge in [0.25, 0.3) is 0 Å². The van der Waals surface area contributed by atoms with Crippen LogP contribution < -0.4 is 11.4 Å². The van der Waals surface area contributed by atoms with E-state index in [-0.39, 0.29) is 58.9 Å². The number of hydrogen-bond acceptors (Lipinski definition) is 8. The van der Waals surface area contributed by atoms with Crippen molar-refractivity contribution in [2.45, 2.75) is 113 Å². The molecule has 2 aromatic carbocycles. The van der Waals surface area contributed by atoms with Crippen molar-refractivity contribution in [2.75, 3.05) is 26.2 Å². The molecule has 76 heavy (non-hydrogen) atoms. The van der Waals surface area contributed by atoms with Gasteiger partial charge in [-0.1, -0.05) is 36.4 Å². The third-order valence-corrected chi connectivity index (χ3v) is 16.3. The van der Waals surface area contributed by atoms with E-state index in [2.05, 4.69) is 29.9 Å². The average molecular weight is 1040 g/mol. The Kier molecular flexibility index (Phi) is 14.5. The van der Waals surface area contributed by atoms with Crippen LogP contribution in [0.2, 0.25) is 0 Å². The number of fused-ring (bicyclic) bond motifs is 4. The number of likely N-dealkylation sites (tertiary alicyclic amines) is 2. The number of piperidine rings is 2. The van der Waals surface area contributed by atoms with E-state index in [1.807, 2.05) is 58.3 Å². The van der Waals surface area contributed by atoms with Crippen molar-refractivity contribution in [3.63, 3.8) is 0 Å². The molecule has 0 saturated carbocycles. The van der Waals surface area contributed by atoms with E-state index in [1.165, 1.54) is 0 Å². The minimum absolute atomic E-state index is 0.00620. The van der Waals surface area contributed by atoms with Gasteiger partial charge < -0.3 is 9.80 Å². The SMILES string of the molecule is O=C(C[C@@H]1CC[C@@H](c2cccc(F)c2F)Cc2cccnc21)N1CCC(n2c(=O)[nH]c3ncccc32)CC1.O=C(C[C@H]1CC[C@H](c2cccc(F)c2F)Cc2cccnc21)N1CCC(n2c(=O)[nH]c3ncccc32)CC1. The number of hydrogen-bond donors (Lipinski definition) is 2. The van der Waals surface area contributed by atoms with E-state index in [0.717, 1.165) is 45.7 Å². The third-order valence-electron chi connectivity index (χ3n) is 16.3. The molecule has 2 N–H and O–H groups in total. The standard InChI is InChI=1S/2C29H29F2N5O2/c2*30-23-6-1-5-22(26(23)31)18-8-9-20(27-19(16-18)4-2-12-32-27)17-25(37)35-14-10-21(11-15-35)36-24-7-3-13-33-28(24)34-29(36)38/h2*1-7,12-13,18,20-21H,8-11,14-17H2,(H,33,34,38)/t2*18-,20+/m10/s1. The summed E-state index contributed by atoms with van der Waals surface area (Å²) in [5, 5.41) is 0. The molecule has 0 unspecified atom stereocenters. The van der Waals surface area contributed by atoms with Gasteiger partial charge in [-0.2, -0.15) is 0 Å². The molecule has 4 aliphatic rings. The fourth-order valence-electron chi connectivity index (χ4n) is 12.5. The van der Waals surface area contributed by atoms with E-state index in [1.54, 1.807) is 58.2 Å². The van der Waals surface area contributed by atoms with E-state index >= 15 is 0 Å². The normalized spacial score (nSPS) is 20.3. The van der Waals surface area contributed by atoms with Crippen molar-refractivity contribution < 1.29 is 27.2 Å². The summed E-state index contributed by atoms with van der Waals surface area (Å²) in [4.78, 5) is 79.1. The topological polar surface area (TPSA) is 168 Å². The summed E-state index contributed by atoms with van der Waals surface area (Å²) < 4.78 is 60.6. The van der Waals surface area contributed by atoms with Crippen LogP contribution in [0.15, 0.2) is 119 Å². The number of benzene rings is 2. The van der Waals surface area contributed by atoms with E-state index in [9.17, 15) is 36.7 Å². The van der Waals surface area contributed by atoms with Crippen LogP contribution in [0.3, 0.4) is 0 Å². The van der Waals surface area contributed by atoms with Crippen molar-refractivity contribution in [1.29, 1.82) is 0 Å². The van der Waals surface area contributed by atoms with Crippen LogP contribution in [0.25, 0.3) is 22.3 Å². The third kappa shape index (κ3) is 10.2. The molecule has 6 aromatic heterocycles. The van der Waals surface area contributed by atoms with Crippen LogP contribution in [0.4, 0.5) is 17.6 Å². The molecule has 2 fully saturated rings. The number of imidazole rings is 2. The maximum absolute atomic E-state index is 14.6. The molecule has 4 atom stereocenters. The highest BCUT2D eigenvalue weighted by atomic mass is 19.2. The molecule has 18 heteroatoms. The van der Waals surface area contributed by atoms with Crippen LogP contribution in [-0.4, -0.2) is 86.8 Å². The van der Waals surface area contributed by atoms with Gasteiger partial charge in [0.15, 0.2) is 34.6 Å². The van der Waals surface area contributed by atoms with Crippen LogP contribution >= 0.6 is 0 Å². The largest absolute Gasteiger partial charge is 0.343 e. The lowest BCUT2D eigenvalue weighted by Crippen LogP contribution is -2.41. The van der Waals surface area contributed by atoms with Crippen LogP contribution in [0, 0.1) is 23.3 Å². The van der Waals surface area contributed by atoms with Crippen molar-refractivity contribution in [3.05, 3.63) is 188 Å². The molecule has 8 aromatic rings. The summed E-state index contributed by atoms with van der Waals surface area (Å²) in [6, 6.07) is 23.8. The summed E-state index contributed by atoms with van der Waals surface area (Å²) in [5.74, 6) is -3.63. The Morgan fingerprint density at radius 1 is 0.487 bits per heavy atom. The second kappa shape index (κ2) is 21.8. The Balaban J connectivity index is 0.000000162. The number of carbonyl (C=O) groups is 2. The number of aromatic nitrogens is 8. The van der Waals surface area contributed by atoms with Crippen molar-refractivity contribution in [2.24, 2.45) is 0 Å². The summed E-state index contributed by atoms with van der Waals surface area (Å²) in [6.45, 7) is 2.28. The van der Waals surface area contributed by atoms with Gasteiger partial charge in [0.1, 0.15) is 0 Å². The highest BCUT2D eigenvalue weighted by molar-refractivity contribution is 5.78. The fraction of sp³-hybridized carbons (Fsp3) is 0.379. The average Bonchev–Trinajstić information content (AvgIpc) is 3.83. The lowest BCUT2D eigenvalue weighted by Gasteiger charge is -2.33. The Labute approximate surface area is 435 Å². The Hall–Kier alpha value is -7.76. The molecule has 0 bridgehead atoms. The van der Waals surface area contributed by atoms with Crippen molar-refractivity contribution in [1.82, 2.24) is 48.8 Å². The Morgan fingerprint density at radius 2 is 0.882 bits per heavy atom. The number of aromatic amines is 2. The predicted molar refractivity (Wildman–Crippen MR) is 278 cm³/mol. The highest BCUT2D eigenvalue weighted by Crippen LogP contribution is 2.41. The van der Waals surface area contributed by atoms with Gasteiger partial charge in [0, 0.05) is 99.1 Å². The van der Waals surface area contributed by atoms with Gasteiger partial charge in [-0.15, -0.1) is 0 Å². The molecule has 2 saturated heterocycles. The summed E-state index contributed by atoms with van der Waals surface area (Å²) in [7, 11) is 0. The number of H-pyrrole nitrogens is 2. The second-order valence-corrected chi connectivity index (χ2v) is 20.7. The van der Waals surface area contributed by atoms with Crippen molar-refractivity contribution >= 4 is 34.1 Å². The minimum atomic E-state index is -0.834. The molecule has 8 heterocycles. The maximum Gasteiger partial charge on any atom is 0.327 e. The fourth-order valence-corrected chi connectivity index (χ4v) is 12.5. The maximum atomic E-state index is 14.6. The Bertz CT molecular complexity index is 3310. The first-order valence-corrected chi connectivity index (χ1v) is 26.4. The molecule has 2 amide bonds. The molecule has 0 spiro atoms. The first-order valence-electron chi connectivity index (χ1n) is 26.4. The van der Waals surface area contributed by atoms with Crippen molar-refractivity contribution in [3.8, 4) is 0 Å². The molecule has 14 nitrogen and oxygen atoms in total.